The molecule has 20 heavy (non-hydrogen) atoms. The Labute approximate surface area is 122 Å². The van der Waals surface area contributed by atoms with Gasteiger partial charge < -0.3 is 10.6 Å². The second-order valence-electron chi connectivity index (χ2n) is 5.38. The van der Waals surface area contributed by atoms with Gasteiger partial charge in [-0.25, -0.2) is 8.42 Å². The number of benzene rings is 1. The molecule has 0 amide bonds. The zero-order valence-corrected chi connectivity index (χ0v) is 13.8. The van der Waals surface area contributed by atoms with Crippen LogP contribution in [0, 0.1) is 13.8 Å². The zero-order chi connectivity index (χ0) is 15.5. The van der Waals surface area contributed by atoms with Crippen LogP contribution in [0.15, 0.2) is 17.0 Å². The Bertz CT molecular complexity index is 568. The fraction of sp³-hybridized carbons (Fsp3) is 0.571. The van der Waals surface area contributed by atoms with Gasteiger partial charge in [0, 0.05) is 26.7 Å². The summed E-state index contributed by atoms with van der Waals surface area (Å²) in [4.78, 5) is 2.31. The Balaban J connectivity index is 3.15. The van der Waals surface area contributed by atoms with Crippen LogP contribution in [0.25, 0.3) is 0 Å². The molecule has 0 aromatic heterocycles. The third kappa shape index (κ3) is 3.79. The van der Waals surface area contributed by atoms with Crippen LogP contribution < -0.4 is 5.73 Å². The molecule has 0 saturated carbocycles. The fourth-order valence-corrected chi connectivity index (χ4v) is 3.42. The van der Waals surface area contributed by atoms with E-state index in [-0.39, 0.29) is 0 Å². The monoisotopic (exact) mass is 299 g/mol. The first-order valence-electron chi connectivity index (χ1n) is 6.61. The zero-order valence-electron chi connectivity index (χ0n) is 13.0. The highest BCUT2D eigenvalue weighted by molar-refractivity contribution is 7.89. The van der Waals surface area contributed by atoms with Crippen molar-refractivity contribution in [3.63, 3.8) is 0 Å². The molecule has 0 saturated heterocycles. The molecule has 0 aliphatic heterocycles. The standard InChI is InChI=1S/C14H25N3O2S/c1-11-8-12(2)14(9-13(11)10-15)20(18,19)17(5)7-6-16(3)4/h8-9H,6-7,10,15H2,1-5H3. The summed E-state index contributed by atoms with van der Waals surface area (Å²) in [6.07, 6.45) is 0. The summed E-state index contributed by atoms with van der Waals surface area (Å²) >= 11 is 0. The van der Waals surface area contributed by atoms with Crippen LogP contribution in [0.1, 0.15) is 16.7 Å². The van der Waals surface area contributed by atoms with E-state index in [1.165, 1.54) is 4.31 Å². The molecule has 0 fully saturated rings. The van der Waals surface area contributed by atoms with Gasteiger partial charge in [0.1, 0.15) is 0 Å². The van der Waals surface area contributed by atoms with Gasteiger partial charge >= 0.3 is 0 Å². The first kappa shape index (κ1) is 17.1. The number of nitrogens with zero attached hydrogens (tertiary/aromatic N) is 2. The number of hydrogen-bond acceptors (Lipinski definition) is 4. The molecule has 0 spiro atoms. The Morgan fingerprint density at radius 2 is 1.65 bits per heavy atom. The van der Waals surface area contributed by atoms with Gasteiger partial charge in [0.2, 0.25) is 10.0 Å². The lowest BCUT2D eigenvalue weighted by Gasteiger charge is -2.21. The van der Waals surface area contributed by atoms with E-state index >= 15 is 0 Å². The molecule has 114 valence electrons. The number of aryl methyl sites for hydroxylation is 2. The Hall–Kier alpha value is -0.950. The molecule has 1 aromatic carbocycles. The predicted octanol–water partition coefficient (Wildman–Crippen LogP) is 0.944. The minimum Gasteiger partial charge on any atom is -0.326 e. The number of likely N-dealkylation sites (N-methyl/N-ethyl adjacent to an activating group) is 2. The van der Waals surface area contributed by atoms with E-state index in [0.717, 1.165) is 16.7 Å². The molecular formula is C14H25N3O2S. The van der Waals surface area contributed by atoms with Gasteiger partial charge in [-0.2, -0.15) is 4.31 Å². The smallest absolute Gasteiger partial charge is 0.243 e. The van der Waals surface area contributed by atoms with Crippen molar-refractivity contribution in [2.24, 2.45) is 5.73 Å². The van der Waals surface area contributed by atoms with Crippen LogP contribution in [0.4, 0.5) is 0 Å². The van der Waals surface area contributed by atoms with Gasteiger partial charge in [-0.1, -0.05) is 6.07 Å². The van der Waals surface area contributed by atoms with Crippen molar-refractivity contribution in [2.45, 2.75) is 25.3 Å². The minimum atomic E-state index is -3.46. The largest absolute Gasteiger partial charge is 0.326 e. The maximum absolute atomic E-state index is 12.6. The first-order chi connectivity index (χ1) is 9.20. The van der Waals surface area contributed by atoms with Crippen molar-refractivity contribution in [1.29, 1.82) is 0 Å². The van der Waals surface area contributed by atoms with Crippen molar-refractivity contribution in [1.82, 2.24) is 9.21 Å². The van der Waals surface area contributed by atoms with Gasteiger partial charge in [0.05, 0.1) is 4.90 Å². The van der Waals surface area contributed by atoms with Gasteiger partial charge in [0.25, 0.3) is 0 Å². The van der Waals surface area contributed by atoms with E-state index in [2.05, 4.69) is 0 Å². The van der Waals surface area contributed by atoms with Crippen LogP contribution in [0.2, 0.25) is 0 Å². The maximum atomic E-state index is 12.6. The molecule has 1 aromatic rings. The highest BCUT2D eigenvalue weighted by Gasteiger charge is 2.23. The van der Waals surface area contributed by atoms with E-state index in [4.69, 9.17) is 5.73 Å². The van der Waals surface area contributed by atoms with E-state index in [0.29, 0.717) is 24.5 Å². The van der Waals surface area contributed by atoms with E-state index < -0.39 is 10.0 Å². The fourth-order valence-electron chi connectivity index (χ4n) is 2.00. The molecular weight excluding hydrogens is 274 g/mol. The number of nitrogens with two attached hydrogens (primary N) is 1. The van der Waals surface area contributed by atoms with Crippen molar-refractivity contribution in [3.05, 3.63) is 28.8 Å². The van der Waals surface area contributed by atoms with Crippen LogP contribution >= 0.6 is 0 Å². The van der Waals surface area contributed by atoms with Gasteiger partial charge in [-0.05, 0) is 50.7 Å². The maximum Gasteiger partial charge on any atom is 0.243 e. The van der Waals surface area contributed by atoms with Gasteiger partial charge in [-0.3, -0.25) is 0 Å². The lowest BCUT2D eigenvalue weighted by molar-refractivity contribution is 0.358. The summed E-state index contributed by atoms with van der Waals surface area (Å²) in [6, 6.07) is 3.58. The Kier molecular flexibility index (Phi) is 5.70. The highest BCUT2D eigenvalue weighted by atomic mass is 32.2. The van der Waals surface area contributed by atoms with Crippen LogP contribution in [-0.4, -0.2) is 51.9 Å². The molecule has 0 heterocycles. The first-order valence-corrected chi connectivity index (χ1v) is 8.05. The second-order valence-corrected chi connectivity index (χ2v) is 7.39. The van der Waals surface area contributed by atoms with E-state index in [9.17, 15) is 8.42 Å². The predicted molar refractivity (Wildman–Crippen MR) is 82.2 cm³/mol. The number of hydrogen-bond donors (Lipinski definition) is 1. The number of rotatable bonds is 6. The van der Waals surface area contributed by atoms with Crippen LogP contribution in [-0.2, 0) is 16.6 Å². The van der Waals surface area contributed by atoms with Gasteiger partial charge in [0.15, 0.2) is 0 Å². The lowest BCUT2D eigenvalue weighted by atomic mass is 10.1. The summed E-state index contributed by atoms with van der Waals surface area (Å²) < 4.78 is 26.6. The van der Waals surface area contributed by atoms with E-state index in [1.54, 1.807) is 13.1 Å². The number of sulfonamides is 1. The lowest BCUT2D eigenvalue weighted by Crippen LogP contribution is -2.34. The molecule has 0 bridgehead atoms. The average Bonchev–Trinajstić information content (AvgIpc) is 2.35. The molecule has 2 N–H and O–H groups in total. The molecule has 0 aliphatic rings. The molecule has 0 aliphatic carbocycles. The quantitative estimate of drug-likeness (QED) is 0.849. The molecule has 0 radical (unpaired) electrons. The SMILES string of the molecule is Cc1cc(C)c(S(=O)(=O)N(C)CCN(C)C)cc1CN. The summed E-state index contributed by atoms with van der Waals surface area (Å²) in [5.74, 6) is 0. The average molecular weight is 299 g/mol. The van der Waals surface area contributed by atoms with Crippen molar-refractivity contribution in [2.75, 3.05) is 34.2 Å². The van der Waals surface area contributed by atoms with Crippen molar-refractivity contribution < 1.29 is 8.42 Å². The molecule has 0 unspecified atom stereocenters. The third-order valence-corrected chi connectivity index (χ3v) is 5.40. The highest BCUT2D eigenvalue weighted by Crippen LogP contribution is 2.23. The van der Waals surface area contributed by atoms with E-state index in [1.807, 2.05) is 38.9 Å². The molecule has 6 heteroatoms. The summed E-state index contributed by atoms with van der Waals surface area (Å²) in [6.45, 7) is 5.25. The Morgan fingerprint density at radius 1 is 1.05 bits per heavy atom. The topological polar surface area (TPSA) is 66.6 Å². The molecule has 5 nitrogen and oxygen atoms in total. The van der Waals surface area contributed by atoms with Crippen molar-refractivity contribution in [3.8, 4) is 0 Å². The molecule has 0 atom stereocenters. The normalized spacial score (nSPS) is 12.4. The summed E-state index contributed by atoms with van der Waals surface area (Å²) in [7, 11) is 1.99. The Morgan fingerprint density at radius 3 is 2.15 bits per heavy atom. The van der Waals surface area contributed by atoms with Crippen LogP contribution in [0.5, 0.6) is 0 Å². The minimum absolute atomic E-state index is 0.343. The van der Waals surface area contributed by atoms with Crippen LogP contribution in [0.3, 0.4) is 0 Å². The summed E-state index contributed by atoms with van der Waals surface area (Å²) in [5, 5.41) is 0. The molecule has 1 rings (SSSR count). The third-order valence-electron chi connectivity index (χ3n) is 3.40. The second kappa shape index (κ2) is 6.67. The summed E-state index contributed by atoms with van der Waals surface area (Å²) in [5.41, 5.74) is 8.33. The van der Waals surface area contributed by atoms with Gasteiger partial charge in [-0.15, -0.1) is 0 Å². The van der Waals surface area contributed by atoms with Crippen molar-refractivity contribution >= 4 is 10.0 Å².